The van der Waals surface area contributed by atoms with Gasteiger partial charge in [0.25, 0.3) is 0 Å². The number of aromatic amines is 1. The van der Waals surface area contributed by atoms with Crippen molar-refractivity contribution in [1.82, 2.24) is 4.98 Å². The van der Waals surface area contributed by atoms with Gasteiger partial charge in [0, 0.05) is 16.1 Å². The molecule has 0 unspecified atom stereocenters. The molecular weight excluding hydrogens is 278 g/mol. The van der Waals surface area contributed by atoms with Crippen molar-refractivity contribution in [2.75, 3.05) is 0 Å². The number of H-pyrrole nitrogens is 1. The van der Waals surface area contributed by atoms with Crippen molar-refractivity contribution in [3.05, 3.63) is 68.7 Å². The lowest BCUT2D eigenvalue weighted by Gasteiger charge is -2.05. The first kappa shape index (κ1) is 12.7. The SMILES string of the molecule is Cc1cc2[nH]c(=O)oc2cc1C(=O)c1ccc(Cl)cc1. The van der Waals surface area contributed by atoms with E-state index in [2.05, 4.69) is 4.98 Å². The van der Waals surface area contributed by atoms with Gasteiger partial charge < -0.3 is 4.42 Å². The van der Waals surface area contributed by atoms with Crippen LogP contribution in [0.15, 0.2) is 45.6 Å². The second-order valence-electron chi connectivity index (χ2n) is 4.51. The van der Waals surface area contributed by atoms with Gasteiger partial charge in [0.05, 0.1) is 5.52 Å². The van der Waals surface area contributed by atoms with Crippen LogP contribution in [-0.4, -0.2) is 10.8 Å². The molecule has 1 aromatic heterocycles. The molecule has 0 aliphatic carbocycles. The van der Waals surface area contributed by atoms with Gasteiger partial charge in [-0.15, -0.1) is 0 Å². The molecule has 5 heteroatoms. The summed E-state index contributed by atoms with van der Waals surface area (Å²) < 4.78 is 4.98. The van der Waals surface area contributed by atoms with Gasteiger partial charge in [-0.05, 0) is 48.9 Å². The van der Waals surface area contributed by atoms with Crippen molar-refractivity contribution < 1.29 is 9.21 Å². The van der Waals surface area contributed by atoms with Crippen LogP contribution in [0.3, 0.4) is 0 Å². The fraction of sp³-hybridized carbons (Fsp3) is 0.0667. The van der Waals surface area contributed by atoms with Crippen LogP contribution in [0.25, 0.3) is 11.1 Å². The van der Waals surface area contributed by atoms with E-state index < -0.39 is 5.76 Å². The van der Waals surface area contributed by atoms with Crippen LogP contribution in [-0.2, 0) is 0 Å². The number of carbonyl (C=O) groups is 1. The first-order valence-corrected chi connectivity index (χ1v) is 6.36. The third-order valence-electron chi connectivity index (χ3n) is 3.12. The van der Waals surface area contributed by atoms with Gasteiger partial charge in [0.2, 0.25) is 0 Å². The number of nitrogens with one attached hydrogen (secondary N) is 1. The molecule has 0 spiro atoms. The first-order valence-electron chi connectivity index (χ1n) is 5.98. The molecule has 0 aliphatic heterocycles. The minimum atomic E-state index is -0.532. The highest BCUT2D eigenvalue weighted by atomic mass is 35.5. The highest BCUT2D eigenvalue weighted by Crippen LogP contribution is 2.21. The number of aromatic nitrogens is 1. The zero-order valence-electron chi connectivity index (χ0n) is 10.6. The molecule has 2 aromatic carbocycles. The number of benzene rings is 2. The quantitative estimate of drug-likeness (QED) is 0.736. The van der Waals surface area contributed by atoms with E-state index in [1.165, 1.54) is 0 Å². The van der Waals surface area contributed by atoms with Gasteiger partial charge in [0.1, 0.15) is 0 Å². The van der Waals surface area contributed by atoms with E-state index in [9.17, 15) is 9.59 Å². The zero-order chi connectivity index (χ0) is 14.3. The molecule has 3 aromatic rings. The Labute approximate surface area is 119 Å². The second kappa shape index (κ2) is 4.65. The molecule has 0 saturated carbocycles. The summed E-state index contributed by atoms with van der Waals surface area (Å²) in [6, 6.07) is 9.98. The molecule has 0 amide bonds. The zero-order valence-corrected chi connectivity index (χ0v) is 11.3. The van der Waals surface area contributed by atoms with Gasteiger partial charge in [-0.3, -0.25) is 9.78 Å². The molecule has 20 heavy (non-hydrogen) atoms. The lowest BCUT2D eigenvalue weighted by atomic mass is 9.99. The van der Waals surface area contributed by atoms with Crippen molar-refractivity contribution in [1.29, 1.82) is 0 Å². The van der Waals surface area contributed by atoms with Crippen LogP contribution < -0.4 is 5.76 Å². The Morgan fingerprint density at radius 3 is 2.60 bits per heavy atom. The summed E-state index contributed by atoms with van der Waals surface area (Å²) in [5, 5.41) is 0.574. The van der Waals surface area contributed by atoms with Gasteiger partial charge in [-0.2, -0.15) is 0 Å². The fourth-order valence-electron chi connectivity index (χ4n) is 2.11. The lowest BCUT2D eigenvalue weighted by Crippen LogP contribution is -2.03. The Morgan fingerprint density at radius 2 is 1.90 bits per heavy atom. The molecule has 0 bridgehead atoms. The highest BCUT2D eigenvalue weighted by Gasteiger charge is 2.14. The number of carbonyl (C=O) groups excluding carboxylic acids is 1. The van der Waals surface area contributed by atoms with E-state index in [0.717, 1.165) is 5.56 Å². The van der Waals surface area contributed by atoms with Gasteiger partial charge in [-0.25, -0.2) is 4.79 Å². The average Bonchev–Trinajstić information content (AvgIpc) is 2.77. The molecular formula is C15H10ClNO3. The standard InChI is InChI=1S/C15H10ClNO3/c1-8-6-12-13(20-15(19)17-12)7-11(8)14(18)9-2-4-10(16)5-3-9/h2-7H,1H3,(H,17,19). The van der Waals surface area contributed by atoms with E-state index in [1.807, 2.05) is 6.92 Å². The summed E-state index contributed by atoms with van der Waals surface area (Å²) in [4.78, 5) is 26.2. The van der Waals surface area contributed by atoms with E-state index in [-0.39, 0.29) is 5.78 Å². The summed E-state index contributed by atoms with van der Waals surface area (Å²) in [5.41, 5.74) is 2.77. The minimum absolute atomic E-state index is 0.134. The summed E-state index contributed by atoms with van der Waals surface area (Å²) in [6.07, 6.45) is 0. The molecule has 0 fully saturated rings. The van der Waals surface area contributed by atoms with Crippen molar-refractivity contribution in [2.45, 2.75) is 6.92 Å². The Balaban J connectivity index is 2.13. The van der Waals surface area contributed by atoms with Crippen molar-refractivity contribution in [3.8, 4) is 0 Å². The first-order chi connectivity index (χ1) is 9.54. The van der Waals surface area contributed by atoms with Crippen molar-refractivity contribution in [2.24, 2.45) is 0 Å². The van der Waals surface area contributed by atoms with E-state index >= 15 is 0 Å². The predicted octanol–water partition coefficient (Wildman–Crippen LogP) is 3.31. The maximum atomic E-state index is 12.5. The minimum Gasteiger partial charge on any atom is -0.408 e. The maximum Gasteiger partial charge on any atom is 0.417 e. The molecule has 0 saturated heterocycles. The third-order valence-corrected chi connectivity index (χ3v) is 3.37. The van der Waals surface area contributed by atoms with E-state index in [4.69, 9.17) is 16.0 Å². The Kier molecular flexibility index (Phi) is 2.95. The number of fused-ring (bicyclic) bond motifs is 1. The summed E-state index contributed by atoms with van der Waals surface area (Å²) in [7, 11) is 0. The maximum absolute atomic E-state index is 12.5. The van der Waals surface area contributed by atoms with Crippen molar-refractivity contribution >= 4 is 28.5 Å². The molecule has 100 valence electrons. The summed E-state index contributed by atoms with van der Waals surface area (Å²) in [6.45, 7) is 1.81. The number of hydrogen-bond acceptors (Lipinski definition) is 3. The average molecular weight is 288 g/mol. The number of oxazole rings is 1. The summed E-state index contributed by atoms with van der Waals surface area (Å²) in [5.74, 6) is -0.666. The number of hydrogen-bond donors (Lipinski definition) is 1. The van der Waals surface area contributed by atoms with Crippen LogP contribution >= 0.6 is 11.6 Å². The Bertz CT molecular complexity index is 859. The molecule has 1 N–H and O–H groups in total. The van der Waals surface area contributed by atoms with Crippen LogP contribution in [0, 0.1) is 6.92 Å². The van der Waals surface area contributed by atoms with E-state index in [0.29, 0.717) is 27.2 Å². The van der Waals surface area contributed by atoms with Crippen LogP contribution in [0.4, 0.5) is 0 Å². The van der Waals surface area contributed by atoms with E-state index in [1.54, 1.807) is 36.4 Å². The Morgan fingerprint density at radius 1 is 1.20 bits per heavy atom. The van der Waals surface area contributed by atoms with Gasteiger partial charge in [0.15, 0.2) is 11.4 Å². The smallest absolute Gasteiger partial charge is 0.408 e. The molecule has 3 rings (SSSR count). The van der Waals surface area contributed by atoms with Crippen LogP contribution in [0.2, 0.25) is 5.02 Å². The van der Waals surface area contributed by atoms with Crippen LogP contribution in [0.5, 0.6) is 0 Å². The fourth-order valence-corrected chi connectivity index (χ4v) is 2.23. The van der Waals surface area contributed by atoms with Gasteiger partial charge >= 0.3 is 5.76 Å². The molecule has 1 heterocycles. The van der Waals surface area contributed by atoms with Gasteiger partial charge in [-0.1, -0.05) is 11.6 Å². The molecule has 0 atom stereocenters. The molecule has 0 aliphatic rings. The highest BCUT2D eigenvalue weighted by molar-refractivity contribution is 6.30. The molecule has 4 nitrogen and oxygen atoms in total. The number of halogens is 1. The third kappa shape index (κ3) is 2.14. The predicted molar refractivity (Wildman–Crippen MR) is 76.5 cm³/mol. The Hall–Kier alpha value is -2.33. The monoisotopic (exact) mass is 287 g/mol. The number of rotatable bonds is 2. The molecule has 0 radical (unpaired) electrons. The normalized spacial score (nSPS) is 10.9. The van der Waals surface area contributed by atoms with Crippen LogP contribution in [0.1, 0.15) is 21.5 Å². The second-order valence-corrected chi connectivity index (χ2v) is 4.95. The van der Waals surface area contributed by atoms with Crippen molar-refractivity contribution in [3.63, 3.8) is 0 Å². The number of aryl methyl sites for hydroxylation is 1. The topological polar surface area (TPSA) is 63.1 Å². The summed E-state index contributed by atoms with van der Waals surface area (Å²) >= 11 is 5.81. The number of ketones is 1. The lowest BCUT2D eigenvalue weighted by molar-refractivity contribution is 0.103. The largest absolute Gasteiger partial charge is 0.417 e.